The molecule has 0 unspecified atom stereocenters. The first-order chi connectivity index (χ1) is 16.7. The molecule has 0 spiro atoms. The molecule has 2 aromatic carbocycles. The molecule has 8 nitrogen and oxygen atoms in total. The first-order valence-electron chi connectivity index (χ1n) is 12.3. The number of benzene rings is 2. The lowest BCUT2D eigenvalue weighted by Gasteiger charge is -2.36. The Morgan fingerprint density at radius 2 is 1.56 bits per heavy atom. The molecule has 0 N–H and O–H groups in total. The highest BCUT2D eigenvalue weighted by Crippen LogP contribution is 2.38. The summed E-state index contributed by atoms with van der Waals surface area (Å²) in [6.07, 6.45) is 2.17. The van der Waals surface area contributed by atoms with Gasteiger partial charge in [0.05, 0.1) is 6.54 Å². The molecule has 1 amide bonds. The largest absolute Gasteiger partial charge is 0.486 e. The van der Waals surface area contributed by atoms with E-state index >= 15 is 0 Å². The number of hydrogen-bond acceptors (Lipinski definition) is 7. The molecule has 0 aliphatic carbocycles. The Hall–Kier alpha value is -2.97. The molecule has 0 aromatic heterocycles. The molecule has 0 bridgehead atoms. The van der Waals surface area contributed by atoms with Crippen molar-refractivity contribution in [2.45, 2.75) is 25.4 Å². The van der Waals surface area contributed by atoms with E-state index in [2.05, 4.69) is 34.1 Å². The first-order valence-corrected chi connectivity index (χ1v) is 12.3. The smallest absolute Gasteiger partial charge is 0.236 e. The Balaban J connectivity index is 1.03. The van der Waals surface area contributed by atoms with Crippen molar-refractivity contribution in [2.24, 2.45) is 0 Å². The second-order valence-corrected chi connectivity index (χ2v) is 9.38. The van der Waals surface area contributed by atoms with Crippen molar-refractivity contribution >= 4 is 5.91 Å². The van der Waals surface area contributed by atoms with Crippen LogP contribution in [-0.2, 0) is 11.3 Å². The van der Waals surface area contributed by atoms with Gasteiger partial charge in [0.1, 0.15) is 13.2 Å². The summed E-state index contributed by atoms with van der Waals surface area (Å²) in [6.45, 7) is 7.07. The molecular formula is C26H31N3O5. The van der Waals surface area contributed by atoms with E-state index in [1.54, 1.807) is 0 Å². The number of likely N-dealkylation sites (tertiary alicyclic amines) is 1. The van der Waals surface area contributed by atoms with Gasteiger partial charge in [0, 0.05) is 38.8 Å². The fraction of sp³-hybridized carbons (Fsp3) is 0.500. The predicted octanol–water partition coefficient (Wildman–Crippen LogP) is 2.67. The van der Waals surface area contributed by atoms with E-state index in [1.807, 2.05) is 17.0 Å². The third-order valence-electron chi connectivity index (χ3n) is 7.22. The number of hydrogen-bond donors (Lipinski definition) is 0. The Morgan fingerprint density at radius 3 is 2.44 bits per heavy atom. The molecule has 34 heavy (non-hydrogen) atoms. The molecule has 2 saturated heterocycles. The fourth-order valence-corrected chi connectivity index (χ4v) is 5.39. The molecule has 2 aromatic rings. The first kappa shape index (κ1) is 21.6. The van der Waals surface area contributed by atoms with Gasteiger partial charge < -0.3 is 23.8 Å². The van der Waals surface area contributed by atoms with Crippen LogP contribution in [0.3, 0.4) is 0 Å². The number of ether oxygens (including phenoxy) is 4. The molecule has 8 heteroatoms. The van der Waals surface area contributed by atoms with E-state index < -0.39 is 0 Å². The van der Waals surface area contributed by atoms with Crippen LogP contribution in [0, 0.1) is 0 Å². The van der Waals surface area contributed by atoms with Gasteiger partial charge in [-0.05, 0) is 54.8 Å². The molecular weight excluding hydrogens is 434 g/mol. The topological polar surface area (TPSA) is 63.7 Å². The van der Waals surface area contributed by atoms with Crippen molar-refractivity contribution in [2.75, 3.05) is 59.3 Å². The lowest BCUT2D eigenvalue weighted by molar-refractivity contribution is -0.134. The van der Waals surface area contributed by atoms with Crippen LogP contribution in [0.1, 0.15) is 30.0 Å². The molecule has 4 aliphatic heterocycles. The Morgan fingerprint density at radius 1 is 0.824 bits per heavy atom. The number of fused-ring (bicyclic) bond motifs is 2. The number of carbonyl (C=O) groups excluding carboxylic acids is 1. The van der Waals surface area contributed by atoms with Gasteiger partial charge in [0.25, 0.3) is 0 Å². The maximum Gasteiger partial charge on any atom is 0.236 e. The Bertz CT molecular complexity index is 1050. The monoisotopic (exact) mass is 465 g/mol. The number of nitrogens with zero attached hydrogens (tertiary/aromatic N) is 3. The molecule has 4 heterocycles. The maximum absolute atomic E-state index is 13.1. The zero-order chi connectivity index (χ0) is 22.9. The normalized spacial score (nSPS) is 22.2. The van der Waals surface area contributed by atoms with Crippen LogP contribution < -0.4 is 18.9 Å². The minimum absolute atomic E-state index is 0.229. The Labute approximate surface area is 199 Å². The van der Waals surface area contributed by atoms with Gasteiger partial charge in [-0.3, -0.25) is 14.6 Å². The summed E-state index contributed by atoms with van der Waals surface area (Å²) in [7, 11) is 0. The highest BCUT2D eigenvalue weighted by molar-refractivity contribution is 5.78. The third-order valence-corrected chi connectivity index (χ3v) is 7.22. The third kappa shape index (κ3) is 4.40. The molecule has 4 aliphatic rings. The quantitative estimate of drug-likeness (QED) is 0.673. The highest BCUT2D eigenvalue weighted by Gasteiger charge is 2.31. The minimum atomic E-state index is 0.229. The Kier molecular flexibility index (Phi) is 5.93. The summed E-state index contributed by atoms with van der Waals surface area (Å²) < 4.78 is 22.3. The summed E-state index contributed by atoms with van der Waals surface area (Å²) in [5.41, 5.74) is 2.42. The van der Waals surface area contributed by atoms with Crippen LogP contribution in [0.2, 0.25) is 0 Å². The summed E-state index contributed by atoms with van der Waals surface area (Å²) in [5, 5.41) is 0. The number of rotatable bonds is 5. The molecule has 180 valence electrons. The van der Waals surface area contributed by atoms with E-state index in [-0.39, 0.29) is 11.9 Å². The van der Waals surface area contributed by atoms with Crippen LogP contribution in [0.4, 0.5) is 0 Å². The van der Waals surface area contributed by atoms with Crippen molar-refractivity contribution in [1.82, 2.24) is 14.7 Å². The van der Waals surface area contributed by atoms with Crippen LogP contribution in [0.15, 0.2) is 36.4 Å². The molecule has 0 radical (unpaired) electrons. The van der Waals surface area contributed by atoms with Crippen molar-refractivity contribution in [3.63, 3.8) is 0 Å². The van der Waals surface area contributed by atoms with Crippen molar-refractivity contribution < 1.29 is 23.7 Å². The van der Waals surface area contributed by atoms with Crippen LogP contribution in [0.5, 0.6) is 23.0 Å². The van der Waals surface area contributed by atoms with Gasteiger partial charge in [-0.25, -0.2) is 0 Å². The highest BCUT2D eigenvalue weighted by atomic mass is 16.7. The van der Waals surface area contributed by atoms with Gasteiger partial charge in [0.15, 0.2) is 23.0 Å². The van der Waals surface area contributed by atoms with Crippen LogP contribution >= 0.6 is 0 Å². The van der Waals surface area contributed by atoms with Gasteiger partial charge in [-0.2, -0.15) is 0 Å². The molecule has 0 saturated carbocycles. The fourth-order valence-electron chi connectivity index (χ4n) is 5.39. The SMILES string of the molecule is O=C(CN1CCC[C@@H]1c1ccc2c(c1)OCCO2)N1CCN(Cc2ccc3c(c2)OCO3)CC1. The van der Waals surface area contributed by atoms with Crippen LogP contribution in [-0.4, -0.2) is 79.9 Å². The van der Waals surface area contributed by atoms with Crippen molar-refractivity contribution in [3.8, 4) is 23.0 Å². The second kappa shape index (κ2) is 9.35. The molecule has 2 fully saturated rings. The van der Waals surface area contributed by atoms with Gasteiger partial charge in [-0.15, -0.1) is 0 Å². The molecule has 1 atom stereocenters. The maximum atomic E-state index is 13.1. The van der Waals surface area contributed by atoms with E-state index in [0.29, 0.717) is 26.6 Å². The zero-order valence-electron chi connectivity index (χ0n) is 19.4. The van der Waals surface area contributed by atoms with E-state index in [0.717, 1.165) is 75.1 Å². The average Bonchev–Trinajstić information content (AvgIpc) is 3.53. The minimum Gasteiger partial charge on any atom is -0.486 e. The summed E-state index contributed by atoms with van der Waals surface area (Å²) >= 11 is 0. The van der Waals surface area contributed by atoms with Gasteiger partial charge in [-0.1, -0.05) is 12.1 Å². The average molecular weight is 466 g/mol. The summed E-state index contributed by atoms with van der Waals surface area (Å²) in [5.74, 6) is 3.50. The van der Waals surface area contributed by atoms with E-state index in [1.165, 1.54) is 11.1 Å². The lowest BCUT2D eigenvalue weighted by atomic mass is 10.0. The number of piperazine rings is 1. The predicted molar refractivity (Wildman–Crippen MR) is 125 cm³/mol. The van der Waals surface area contributed by atoms with Crippen molar-refractivity contribution in [1.29, 1.82) is 0 Å². The number of amides is 1. The standard InChI is InChI=1S/C26H31N3O5/c30-26(17-29-7-1-2-21(29)20-4-6-22-25(15-20)32-13-12-31-22)28-10-8-27(9-11-28)16-19-3-5-23-24(14-19)34-18-33-23/h3-6,14-15,21H,1-2,7-13,16-18H2/t21-/m1/s1. The van der Waals surface area contributed by atoms with Gasteiger partial charge in [0.2, 0.25) is 12.7 Å². The summed E-state index contributed by atoms with van der Waals surface area (Å²) in [4.78, 5) is 19.9. The van der Waals surface area contributed by atoms with E-state index in [9.17, 15) is 4.79 Å². The second-order valence-electron chi connectivity index (χ2n) is 9.38. The van der Waals surface area contributed by atoms with Gasteiger partial charge >= 0.3 is 0 Å². The summed E-state index contributed by atoms with van der Waals surface area (Å²) in [6, 6.07) is 12.6. The van der Waals surface area contributed by atoms with E-state index in [4.69, 9.17) is 18.9 Å². The zero-order valence-corrected chi connectivity index (χ0v) is 19.4. The van der Waals surface area contributed by atoms with Crippen molar-refractivity contribution in [3.05, 3.63) is 47.5 Å². The molecule has 6 rings (SSSR count). The lowest BCUT2D eigenvalue weighted by Crippen LogP contribution is -2.50. The van der Waals surface area contributed by atoms with Crippen LogP contribution in [0.25, 0.3) is 0 Å². The number of carbonyl (C=O) groups is 1.